The molecular weight excluding hydrogens is 352 g/mol. The summed E-state index contributed by atoms with van der Waals surface area (Å²) in [6.45, 7) is 10.3. The summed E-state index contributed by atoms with van der Waals surface area (Å²) < 4.78 is 1.88. The second-order valence-corrected chi connectivity index (χ2v) is 8.64. The summed E-state index contributed by atoms with van der Waals surface area (Å²) in [5.41, 5.74) is 3.22. The molecule has 1 aromatic heterocycles. The van der Waals surface area contributed by atoms with Gasteiger partial charge in [-0.25, -0.2) is 4.68 Å². The van der Waals surface area contributed by atoms with Crippen LogP contribution in [0.4, 0.5) is 5.69 Å². The van der Waals surface area contributed by atoms with Crippen LogP contribution in [0.3, 0.4) is 0 Å². The second-order valence-electron chi connectivity index (χ2n) is 8.64. The Morgan fingerprint density at radius 1 is 1.11 bits per heavy atom. The Hall–Kier alpha value is -2.63. The topological polar surface area (TPSA) is 67.2 Å². The molecule has 0 radical (unpaired) electrons. The highest BCUT2D eigenvalue weighted by Gasteiger charge is 2.36. The molecule has 2 amide bonds. The standard InChI is InChI=1S/C22H30N4O2/c1-15-14-16(2)26(24-15)18-11-9-17(10-12-18)23-20(27)19-8-6-7-13-25(19)21(28)22(3,4)5/h9-12,14,19H,6-8,13H2,1-5H3,(H,23,27). The molecule has 2 aromatic rings. The smallest absolute Gasteiger partial charge is 0.247 e. The number of piperidine rings is 1. The van der Waals surface area contributed by atoms with Crippen molar-refractivity contribution in [2.24, 2.45) is 5.41 Å². The second kappa shape index (κ2) is 7.78. The highest BCUT2D eigenvalue weighted by molar-refractivity contribution is 5.98. The molecule has 28 heavy (non-hydrogen) atoms. The third-order valence-corrected chi connectivity index (χ3v) is 5.10. The average molecular weight is 383 g/mol. The first-order valence-electron chi connectivity index (χ1n) is 9.92. The molecular formula is C22H30N4O2. The van der Waals surface area contributed by atoms with E-state index >= 15 is 0 Å². The van der Waals surface area contributed by atoms with Crippen LogP contribution in [-0.4, -0.2) is 39.1 Å². The van der Waals surface area contributed by atoms with Gasteiger partial charge in [-0.2, -0.15) is 5.10 Å². The summed E-state index contributed by atoms with van der Waals surface area (Å²) in [4.78, 5) is 27.4. The van der Waals surface area contributed by atoms with E-state index in [0.717, 1.165) is 35.6 Å². The van der Waals surface area contributed by atoms with Gasteiger partial charge in [0.05, 0.1) is 11.4 Å². The zero-order valence-corrected chi connectivity index (χ0v) is 17.5. The van der Waals surface area contributed by atoms with E-state index in [0.29, 0.717) is 13.0 Å². The van der Waals surface area contributed by atoms with E-state index in [2.05, 4.69) is 10.4 Å². The Morgan fingerprint density at radius 3 is 2.36 bits per heavy atom. The maximum Gasteiger partial charge on any atom is 0.247 e. The van der Waals surface area contributed by atoms with Gasteiger partial charge in [0.25, 0.3) is 0 Å². The minimum atomic E-state index is -0.489. The van der Waals surface area contributed by atoms with Gasteiger partial charge in [0.1, 0.15) is 6.04 Å². The fraction of sp³-hybridized carbons (Fsp3) is 0.500. The summed E-state index contributed by atoms with van der Waals surface area (Å²) in [5, 5.41) is 7.47. The van der Waals surface area contributed by atoms with Crippen LogP contribution in [0.25, 0.3) is 5.69 Å². The van der Waals surface area contributed by atoms with Crippen LogP contribution in [0.15, 0.2) is 30.3 Å². The van der Waals surface area contributed by atoms with Crippen molar-refractivity contribution >= 4 is 17.5 Å². The van der Waals surface area contributed by atoms with E-state index in [4.69, 9.17) is 0 Å². The molecule has 1 N–H and O–H groups in total. The van der Waals surface area contributed by atoms with Crippen LogP contribution in [0, 0.1) is 19.3 Å². The molecule has 0 bridgehead atoms. The fourth-order valence-corrected chi connectivity index (χ4v) is 3.68. The van der Waals surface area contributed by atoms with Crippen LogP contribution in [0.1, 0.15) is 51.4 Å². The van der Waals surface area contributed by atoms with Gasteiger partial charge in [0.15, 0.2) is 0 Å². The number of nitrogens with one attached hydrogen (secondary N) is 1. The summed E-state index contributed by atoms with van der Waals surface area (Å²) in [6.07, 6.45) is 2.61. The van der Waals surface area contributed by atoms with Crippen molar-refractivity contribution in [1.82, 2.24) is 14.7 Å². The van der Waals surface area contributed by atoms with Crippen molar-refractivity contribution in [2.75, 3.05) is 11.9 Å². The lowest BCUT2D eigenvalue weighted by Gasteiger charge is -2.38. The lowest BCUT2D eigenvalue weighted by Crippen LogP contribution is -2.53. The minimum Gasteiger partial charge on any atom is -0.330 e. The molecule has 150 valence electrons. The number of likely N-dealkylation sites (tertiary alicyclic amines) is 1. The number of hydrogen-bond acceptors (Lipinski definition) is 3. The average Bonchev–Trinajstić information content (AvgIpc) is 2.99. The number of aromatic nitrogens is 2. The molecule has 0 aliphatic carbocycles. The zero-order valence-electron chi connectivity index (χ0n) is 17.5. The van der Waals surface area contributed by atoms with E-state index in [1.807, 2.05) is 69.6 Å². The quantitative estimate of drug-likeness (QED) is 0.877. The van der Waals surface area contributed by atoms with Gasteiger partial charge in [-0.05, 0) is 63.4 Å². The summed E-state index contributed by atoms with van der Waals surface area (Å²) >= 11 is 0. The number of rotatable bonds is 3. The normalized spacial score (nSPS) is 17.5. The summed E-state index contributed by atoms with van der Waals surface area (Å²) in [6, 6.07) is 9.25. The molecule has 1 unspecified atom stereocenters. The molecule has 1 atom stereocenters. The first-order valence-corrected chi connectivity index (χ1v) is 9.92. The van der Waals surface area contributed by atoms with Gasteiger partial charge in [-0.3, -0.25) is 9.59 Å². The maximum atomic E-state index is 12.9. The Bertz CT molecular complexity index is 862. The summed E-state index contributed by atoms with van der Waals surface area (Å²) in [5.74, 6) is -0.0802. The van der Waals surface area contributed by atoms with E-state index in [1.54, 1.807) is 4.90 Å². The lowest BCUT2D eigenvalue weighted by atomic mass is 9.91. The highest BCUT2D eigenvalue weighted by atomic mass is 16.2. The lowest BCUT2D eigenvalue weighted by molar-refractivity contribution is -0.147. The third kappa shape index (κ3) is 4.26. The molecule has 1 saturated heterocycles. The van der Waals surface area contributed by atoms with Crippen molar-refractivity contribution in [3.05, 3.63) is 41.7 Å². The predicted molar refractivity (Wildman–Crippen MR) is 110 cm³/mol. The molecule has 1 aliphatic heterocycles. The molecule has 0 saturated carbocycles. The molecule has 2 heterocycles. The van der Waals surface area contributed by atoms with E-state index < -0.39 is 11.5 Å². The maximum absolute atomic E-state index is 12.9. The van der Waals surface area contributed by atoms with Crippen molar-refractivity contribution in [2.45, 2.75) is 59.9 Å². The molecule has 6 nitrogen and oxygen atoms in total. The Morgan fingerprint density at radius 2 is 1.79 bits per heavy atom. The number of carbonyl (C=O) groups is 2. The van der Waals surface area contributed by atoms with Crippen molar-refractivity contribution in [1.29, 1.82) is 0 Å². The molecule has 1 fully saturated rings. The SMILES string of the molecule is Cc1cc(C)n(-c2ccc(NC(=O)C3CCCCN3C(=O)C(C)(C)C)cc2)n1. The Balaban J connectivity index is 1.72. The van der Waals surface area contributed by atoms with Gasteiger partial charge in [-0.1, -0.05) is 20.8 Å². The van der Waals surface area contributed by atoms with Crippen LogP contribution in [0.5, 0.6) is 0 Å². The number of carbonyl (C=O) groups excluding carboxylic acids is 2. The number of nitrogens with zero attached hydrogens (tertiary/aromatic N) is 3. The number of benzene rings is 1. The largest absolute Gasteiger partial charge is 0.330 e. The van der Waals surface area contributed by atoms with E-state index in [-0.39, 0.29) is 11.8 Å². The number of amides is 2. The number of anilines is 1. The Labute approximate surface area is 166 Å². The monoisotopic (exact) mass is 382 g/mol. The zero-order chi connectivity index (χ0) is 20.5. The van der Waals surface area contributed by atoms with E-state index in [1.165, 1.54) is 0 Å². The number of hydrogen-bond donors (Lipinski definition) is 1. The number of aryl methyl sites for hydroxylation is 2. The van der Waals surface area contributed by atoms with Crippen LogP contribution >= 0.6 is 0 Å². The van der Waals surface area contributed by atoms with Gasteiger partial charge in [0.2, 0.25) is 11.8 Å². The minimum absolute atomic E-state index is 0.0345. The molecule has 1 aromatic carbocycles. The van der Waals surface area contributed by atoms with Crippen molar-refractivity contribution < 1.29 is 9.59 Å². The first-order chi connectivity index (χ1) is 13.2. The molecule has 3 rings (SSSR count). The van der Waals surface area contributed by atoms with Crippen LogP contribution in [0.2, 0.25) is 0 Å². The van der Waals surface area contributed by atoms with Crippen LogP contribution in [-0.2, 0) is 9.59 Å². The first kappa shape index (κ1) is 20.1. The van der Waals surface area contributed by atoms with Gasteiger partial charge >= 0.3 is 0 Å². The van der Waals surface area contributed by atoms with Crippen molar-refractivity contribution in [3.8, 4) is 5.69 Å². The fourth-order valence-electron chi connectivity index (χ4n) is 3.68. The predicted octanol–water partition coefficient (Wildman–Crippen LogP) is 3.85. The van der Waals surface area contributed by atoms with Gasteiger partial charge in [-0.15, -0.1) is 0 Å². The van der Waals surface area contributed by atoms with Crippen LogP contribution < -0.4 is 5.32 Å². The van der Waals surface area contributed by atoms with E-state index in [9.17, 15) is 9.59 Å². The van der Waals surface area contributed by atoms with Crippen molar-refractivity contribution in [3.63, 3.8) is 0 Å². The highest BCUT2D eigenvalue weighted by Crippen LogP contribution is 2.26. The van der Waals surface area contributed by atoms with Gasteiger partial charge < -0.3 is 10.2 Å². The molecule has 1 aliphatic rings. The third-order valence-electron chi connectivity index (χ3n) is 5.10. The molecule has 6 heteroatoms. The molecule has 0 spiro atoms. The Kier molecular flexibility index (Phi) is 5.59. The van der Waals surface area contributed by atoms with Gasteiger partial charge in [0, 0.05) is 23.3 Å². The summed E-state index contributed by atoms with van der Waals surface area (Å²) in [7, 11) is 0.